The zero-order valence-electron chi connectivity index (χ0n) is 10.9. The van der Waals surface area contributed by atoms with E-state index in [1.54, 1.807) is 0 Å². The lowest BCUT2D eigenvalue weighted by atomic mass is 10.1. The van der Waals surface area contributed by atoms with Crippen molar-refractivity contribution in [3.8, 4) is 0 Å². The number of halogens is 1. The molecule has 0 saturated carbocycles. The third-order valence-electron chi connectivity index (χ3n) is 4.07. The highest BCUT2D eigenvalue weighted by Gasteiger charge is 2.25. The molecule has 4 rings (SSSR count). The van der Waals surface area contributed by atoms with Crippen LogP contribution in [-0.4, -0.2) is 9.55 Å². The minimum atomic E-state index is 0.367. The second-order valence-electron chi connectivity index (χ2n) is 5.30. The van der Waals surface area contributed by atoms with Gasteiger partial charge < -0.3 is 10.3 Å². The van der Waals surface area contributed by atoms with Gasteiger partial charge in [-0.1, -0.05) is 40.2 Å². The first-order valence-electron chi connectivity index (χ1n) is 6.72. The standard InChI is InChI=1S/C16H14BrN3/c17-12-5-6-14-15(9-12)20(16(18)19-14)13-7-10-3-1-2-4-11(10)8-13/h1-6,9,13H,7-8H2,(H2,18,19). The molecule has 1 heterocycles. The smallest absolute Gasteiger partial charge is 0.201 e. The molecule has 0 atom stereocenters. The Balaban J connectivity index is 1.84. The van der Waals surface area contributed by atoms with Crippen molar-refractivity contribution in [2.24, 2.45) is 0 Å². The van der Waals surface area contributed by atoms with Gasteiger partial charge in [-0.15, -0.1) is 0 Å². The van der Waals surface area contributed by atoms with E-state index in [2.05, 4.69) is 55.8 Å². The van der Waals surface area contributed by atoms with Crippen molar-refractivity contribution < 1.29 is 0 Å². The summed E-state index contributed by atoms with van der Waals surface area (Å²) in [7, 11) is 0. The summed E-state index contributed by atoms with van der Waals surface area (Å²) in [6.07, 6.45) is 2.05. The van der Waals surface area contributed by atoms with Crippen molar-refractivity contribution >= 4 is 32.9 Å². The molecule has 2 N–H and O–H groups in total. The van der Waals surface area contributed by atoms with Gasteiger partial charge in [-0.2, -0.15) is 0 Å². The maximum absolute atomic E-state index is 6.15. The summed E-state index contributed by atoms with van der Waals surface area (Å²) in [5.74, 6) is 0.607. The van der Waals surface area contributed by atoms with Gasteiger partial charge >= 0.3 is 0 Å². The van der Waals surface area contributed by atoms with Crippen molar-refractivity contribution in [2.45, 2.75) is 18.9 Å². The summed E-state index contributed by atoms with van der Waals surface area (Å²) in [6.45, 7) is 0. The molecule has 4 heteroatoms. The maximum atomic E-state index is 6.15. The number of rotatable bonds is 1. The van der Waals surface area contributed by atoms with E-state index in [0.29, 0.717) is 12.0 Å². The van der Waals surface area contributed by atoms with Gasteiger partial charge in [0.15, 0.2) is 0 Å². The van der Waals surface area contributed by atoms with Gasteiger partial charge in [0.1, 0.15) is 0 Å². The highest BCUT2D eigenvalue weighted by atomic mass is 79.9. The number of nitrogens with two attached hydrogens (primary N) is 1. The predicted octanol–water partition coefficient (Wildman–Crippen LogP) is 3.72. The number of benzene rings is 2. The molecule has 0 amide bonds. The van der Waals surface area contributed by atoms with Gasteiger partial charge in [-0.25, -0.2) is 4.98 Å². The van der Waals surface area contributed by atoms with Gasteiger partial charge in [0, 0.05) is 10.5 Å². The summed E-state index contributed by atoms with van der Waals surface area (Å²) < 4.78 is 3.24. The van der Waals surface area contributed by atoms with E-state index >= 15 is 0 Å². The monoisotopic (exact) mass is 327 g/mol. The molecule has 0 saturated heterocycles. The Morgan fingerprint density at radius 1 is 1.10 bits per heavy atom. The average molecular weight is 328 g/mol. The number of hydrogen-bond donors (Lipinski definition) is 1. The fourth-order valence-corrected chi connectivity index (χ4v) is 3.54. The van der Waals surface area contributed by atoms with Crippen molar-refractivity contribution in [2.75, 3.05) is 5.73 Å². The van der Waals surface area contributed by atoms with Crippen LogP contribution in [0.5, 0.6) is 0 Å². The SMILES string of the molecule is Nc1nc2ccc(Br)cc2n1C1Cc2ccccc2C1. The van der Waals surface area contributed by atoms with Gasteiger partial charge in [-0.3, -0.25) is 0 Å². The van der Waals surface area contributed by atoms with Crippen LogP contribution in [0, 0.1) is 0 Å². The predicted molar refractivity (Wildman–Crippen MR) is 84.7 cm³/mol. The number of hydrogen-bond acceptors (Lipinski definition) is 2. The second-order valence-corrected chi connectivity index (χ2v) is 6.22. The highest BCUT2D eigenvalue weighted by molar-refractivity contribution is 9.10. The largest absolute Gasteiger partial charge is 0.369 e. The van der Waals surface area contributed by atoms with Gasteiger partial charge in [-0.05, 0) is 42.2 Å². The molecule has 0 aliphatic heterocycles. The average Bonchev–Trinajstić information content (AvgIpc) is 2.97. The quantitative estimate of drug-likeness (QED) is 0.740. The summed E-state index contributed by atoms with van der Waals surface area (Å²) in [6, 6.07) is 15.1. The molecular formula is C16H14BrN3. The van der Waals surface area contributed by atoms with E-state index in [1.807, 2.05) is 12.1 Å². The Hall–Kier alpha value is -1.81. The molecule has 1 aliphatic carbocycles. The highest BCUT2D eigenvalue weighted by Crippen LogP contribution is 2.34. The van der Waals surface area contributed by atoms with E-state index < -0.39 is 0 Å². The topological polar surface area (TPSA) is 43.8 Å². The number of nitrogens with zero attached hydrogens (tertiary/aromatic N) is 2. The fourth-order valence-electron chi connectivity index (χ4n) is 3.19. The first kappa shape index (κ1) is 12.0. The van der Waals surface area contributed by atoms with E-state index in [0.717, 1.165) is 28.3 Å². The summed E-state index contributed by atoms with van der Waals surface area (Å²) in [5.41, 5.74) is 11.1. The van der Waals surface area contributed by atoms with Crippen LogP contribution in [0.4, 0.5) is 5.95 Å². The van der Waals surface area contributed by atoms with Crippen LogP contribution in [-0.2, 0) is 12.8 Å². The molecule has 20 heavy (non-hydrogen) atoms. The van der Waals surface area contributed by atoms with E-state index in [4.69, 9.17) is 5.73 Å². The Kier molecular flexibility index (Phi) is 2.60. The normalized spacial score (nSPS) is 14.8. The minimum Gasteiger partial charge on any atom is -0.369 e. The molecule has 3 aromatic rings. The molecule has 1 aromatic heterocycles. The number of anilines is 1. The number of fused-ring (bicyclic) bond motifs is 2. The van der Waals surface area contributed by atoms with Gasteiger partial charge in [0.2, 0.25) is 5.95 Å². The maximum Gasteiger partial charge on any atom is 0.201 e. The zero-order valence-corrected chi connectivity index (χ0v) is 12.5. The zero-order chi connectivity index (χ0) is 13.7. The summed E-state index contributed by atoms with van der Waals surface area (Å²) >= 11 is 3.53. The van der Waals surface area contributed by atoms with Crippen LogP contribution in [0.3, 0.4) is 0 Å². The van der Waals surface area contributed by atoms with Gasteiger partial charge in [0.25, 0.3) is 0 Å². The van der Waals surface area contributed by atoms with Crippen LogP contribution < -0.4 is 5.73 Å². The lowest BCUT2D eigenvalue weighted by Crippen LogP contribution is -2.12. The second kappa shape index (κ2) is 4.35. The number of nitrogen functional groups attached to an aromatic ring is 1. The first-order chi connectivity index (χ1) is 9.72. The van der Waals surface area contributed by atoms with Gasteiger partial charge in [0.05, 0.1) is 11.0 Å². The molecule has 0 radical (unpaired) electrons. The van der Waals surface area contributed by atoms with Crippen LogP contribution in [0.1, 0.15) is 17.2 Å². The molecule has 3 nitrogen and oxygen atoms in total. The Morgan fingerprint density at radius 2 is 1.80 bits per heavy atom. The van der Waals surface area contributed by atoms with Crippen LogP contribution in [0.15, 0.2) is 46.9 Å². The third kappa shape index (κ3) is 1.75. The van der Waals surface area contributed by atoms with Crippen LogP contribution >= 0.6 is 15.9 Å². The Morgan fingerprint density at radius 3 is 2.50 bits per heavy atom. The van der Waals surface area contributed by atoms with Crippen molar-refractivity contribution in [1.29, 1.82) is 0 Å². The summed E-state index contributed by atoms with van der Waals surface area (Å²) in [4.78, 5) is 4.48. The molecule has 2 aromatic carbocycles. The first-order valence-corrected chi connectivity index (χ1v) is 7.51. The Bertz CT molecular complexity index is 782. The molecule has 0 fully saturated rings. The van der Waals surface area contributed by atoms with Crippen molar-refractivity contribution in [1.82, 2.24) is 9.55 Å². The van der Waals surface area contributed by atoms with Crippen LogP contribution in [0.2, 0.25) is 0 Å². The Labute approximate surface area is 125 Å². The van der Waals surface area contributed by atoms with Crippen molar-refractivity contribution in [3.63, 3.8) is 0 Å². The van der Waals surface area contributed by atoms with E-state index in [1.165, 1.54) is 11.1 Å². The molecular weight excluding hydrogens is 314 g/mol. The molecule has 0 bridgehead atoms. The molecule has 0 spiro atoms. The lowest BCUT2D eigenvalue weighted by molar-refractivity contribution is 0.550. The minimum absolute atomic E-state index is 0.367. The third-order valence-corrected chi connectivity index (χ3v) is 4.57. The summed E-state index contributed by atoms with van der Waals surface area (Å²) in [5, 5.41) is 0. The van der Waals surface area contributed by atoms with Crippen molar-refractivity contribution in [3.05, 3.63) is 58.1 Å². The van der Waals surface area contributed by atoms with E-state index in [9.17, 15) is 0 Å². The number of aromatic nitrogens is 2. The molecule has 100 valence electrons. The number of imidazole rings is 1. The van der Waals surface area contributed by atoms with Crippen LogP contribution in [0.25, 0.3) is 11.0 Å². The molecule has 0 unspecified atom stereocenters. The molecule has 1 aliphatic rings. The fraction of sp³-hybridized carbons (Fsp3) is 0.188. The van der Waals surface area contributed by atoms with E-state index in [-0.39, 0.29) is 0 Å². The lowest BCUT2D eigenvalue weighted by Gasteiger charge is -2.14.